The predicted octanol–water partition coefficient (Wildman–Crippen LogP) is 3.01. The average Bonchev–Trinajstić information content (AvgIpc) is 2.34. The Labute approximate surface area is 104 Å². The van der Waals surface area contributed by atoms with E-state index in [0.717, 1.165) is 0 Å². The van der Waals surface area contributed by atoms with Gasteiger partial charge >= 0.3 is 5.97 Å². The number of methoxy groups -OCH3 is 1. The van der Waals surface area contributed by atoms with Crippen LogP contribution in [0.1, 0.15) is 23.2 Å². The maximum atomic E-state index is 13.1. The summed E-state index contributed by atoms with van der Waals surface area (Å²) in [6.07, 6.45) is 1.16. The van der Waals surface area contributed by atoms with Crippen molar-refractivity contribution in [1.29, 1.82) is 5.26 Å². The topological polar surface area (TPSA) is 50.1 Å². The van der Waals surface area contributed by atoms with Gasteiger partial charge in [0.1, 0.15) is 5.82 Å². The van der Waals surface area contributed by atoms with Gasteiger partial charge in [0.25, 0.3) is 0 Å². The molecule has 3 nitrogen and oxygen atoms in total. The first-order valence-corrected chi connectivity index (χ1v) is 6.05. The molecule has 1 rings (SSSR count). The first-order valence-electron chi connectivity index (χ1n) is 5.06. The molecule has 0 amide bonds. The molecule has 0 N–H and O–H groups in total. The van der Waals surface area contributed by atoms with Crippen molar-refractivity contribution < 1.29 is 13.9 Å². The average molecular weight is 253 g/mol. The summed E-state index contributed by atoms with van der Waals surface area (Å²) in [5.41, 5.74) is 0.357. The van der Waals surface area contributed by atoms with Crippen LogP contribution in [0.4, 0.5) is 4.39 Å². The lowest BCUT2D eigenvalue weighted by molar-refractivity contribution is 0.0596. The highest BCUT2D eigenvalue weighted by atomic mass is 32.2. The van der Waals surface area contributed by atoms with Gasteiger partial charge in [-0.1, -0.05) is 0 Å². The second kappa shape index (κ2) is 6.92. The molecule has 0 aliphatic heterocycles. The number of halogens is 1. The van der Waals surface area contributed by atoms with E-state index in [1.807, 2.05) is 6.07 Å². The number of nitriles is 1. The van der Waals surface area contributed by atoms with E-state index in [9.17, 15) is 9.18 Å². The number of unbranched alkanes of at least 4 members (excludes halogenated alkanes) is 1. The van der Waals surface area contributed by atoms with Crippen LogP contribution in [-0.2, 0) is 4.74 Å². The van der Waals surface area contributed by atoms with Gasteiger partial charge in [-0.05, 0) is 30.4 Å². The summed E-state index contributed by atoms with van der Waals surface area (Å²) in [7, 11) is 1.29. The van der Waals surface area contributed by atoms with Crippen LogP contribution in [0.3, 0.4) is 0 Å². The number of carbonyl (C=O) groups excluding carboxylic acids is 1. The van der Waals surface area contributed by atoms with E-state index in [0.29, 0.717) is 29.1 Å². The van der Waals surface area contributed by atoms with E-state index in [-0.39, 0.29) is 5.82 Å². The Morgan fingerprint density at radius 3 is 3.00 bits per heavy atom. The number of thioether (sulfide) groups is 1. The normalized spacial score (nSPS) is 9.71. The molecule has 0 aliphatic carbocycles. The van der Waals surface area contributed by atoms with Crippen molar-refractivity contribution in [3.05, 3.63) is 29.6 Å². The van der Waals surface area contributed by atoms with Crippen LogP contribution in [0.25, 0.3) is 0 Å². The van der Waals surface area contributed by atoms with E-state index in [1.54, 1.807) is 0 Å². The largest absolute Gasteiger partial charge is 0.465 e. The number of nitrogens with zero attached hydrogens (tertiary/aromatic N) is 1. The summed E-state index contributed by atoms with van der Waals surface area (Å²) >= 11 is 1.35. The second-order valence-corrected chi connectivity index (χ2v) is 4.38. The highest BCUT2D eigenvalue weighted by Gasteiger charge is 2.12. The van der Waals surface area contributed by atoms with Crippen LogP contribution in [0.5, 0.6) is 0 Å². The van der Waals surface area contributed by atoms with Crippen molar-refractivity contribution >= 4 is 17.7 Å². The van der Waals surface area contributed by atoms with Crippen LogP contribution in [0.15, 0.2) is 23.1 Å². The fourth-order valence-corrected chi connectivity index (χ4v) is 2.24. The standard InChI is InChI=1S/C12H12FNO2S/c1-16-12(15)10-5-4-9(13)8-11(10)17-7-3-2-6-14/h4-5,8H,2-3,7H2,1H3. The monoisotopic (exact) mass is 253 g/mol. The van der Waals surface area contributed by atoms with Gasteiger partial charge in [0.15, 0.2) is 0 Å². The van der Waals surface area contributed by atoms with Gasteiger partial charge in [0, 0.05) is 11.3 Å². The Morgan fingerprint density at radius 2 is 2.35 bits per heavy atom. The van der Waals surface area contributed by atoms with Crippen molar-refractivity contribution in [2.75, 3.05) is 12.9 Å². The fourth-order valence-electron chi connectivity index (χ4n) is 1.23. The zero-order chi connectivity index (χ0) is 12.7. The number of benzene rings is 1. The maximum Gasteiger partial charge on any atom is 0.338 e. The van der Waals surface area contributed by atoms with Gasteiger partial charge in [-0.15, -0.1) is 11.8 Å². The lowest BCUT2D eigenvalue weighted by Gasteiger charge is -2.07. The molecule has 17 heavy (non-hydrogen) atoms. The van der Waals surface area contributed by atoms with Crippen molar-refractivity contribution in [3.63, 3.8) is 0 Å². The Balaban J connectivity index is 2.77. The molecule has 0 bridgehead atoms. The van der Waals surface area contributed by atoms with Crippen LogP contribution >= 0.6 is 11.8 Å². The molecule has 0 heterocycles. The molecule has 0 fully saturated rings. The predicted molar refractivity (Wildman–Crippen MR) is 63.3 cm³/mol. The fraction of sp³-hybridized carbons (Fsp3) is 0.333. The molecule has 0 saturated heterocycles. The van der Waals surface area contributed by atoms with E-state index in [4.69, 9.17) is 5.26 Å². The Morgan fingerprint density at radius 1 is 1.59 bits per heavy atom. The minimum atomic E-state index is -0.479. The van der Waals surface area contributed by atoms with Crippen LogP contribution in [0, 0.1) is 17.1 Å². The van der Waals surface area contributed by atoms with Gasteiger partial charge in [0.2, 0.25) is 0 Å². The summed E-state index contributed by atoms with van der Waals surface area (Å²) in [5, 5.41) is 8.40. The van der Waals surface area contributed by atoms with Crippen molar-refractivity contribution in [1.82, 2.24) is 0 Å². The number of hydrogen-bond acceptors (Lipinski definition) is 4. The minimum absolute atomic E-state index is 0.357. The highest BCUT2D eigenvalue weighted by molar-refractivity contribution is 7.99. The van der Waals surface area contributed by atoms with Crippen molar-refractivity contribution in [2.45, 2.75) is 17.7 Å². The first-order chi connectivity index (χ1) is 8.19. The smallest absolute Gasteiger partial charge is 0.338 e. The minimum Gasteiger partial charge on any atom is -0.465 e. The zero-order valence-electron chi connectivity index (χ0n) is 9.40. The molecule has 0 radical (unpaired) electrons. The summed E-state index contributed by atoms with van der Waals surface area (Å²) in [5.74, 6) is -0.200. The third-order valence-corrected chi connectivity index (χ3v) is 3.18. The number of esters is 1. The summed E-state index contributed by atoms with van der Waals surface area (Å²) in [6.45, 7) is 0. The molecule has 0 aromatic heterocycles. The van der Waals surface area contributed by atoms with Crippen LogP contribution in [0.2, 0.25) is 0 Å². The SMILES string of the molecule is COC(=O)c1ccc(F)cc1SCCCC#N. The Kier molecular flexibility index (Phi) is 5.50. The third kappa shape index (κ3) is 4.08. The second-order valence-electron chi connectivity index (χ2n) is 3.24. The van der Waals surface area contributed by atoms with E-state index in [2.05, 4.69) is 4.74 Å². The van der Waals surface area contributed by atoms with Gasteiger partial charge in [-0.3, -0.25) is 0 Å². The quantitative estimate of drug-likeness (QED) is 0.460. The molecule has 0 unspecified atom stereocenters. The highest BCUT2D eigenvalue weighted by Crippen LogP contribution is 2.25. The zero-order valence-corrected chi connectivity index (χ0v) is 10.2. The van der Waals surface area contributed by atoms with Gasteiger partial charge in [-0.2, -0.15) is 5.26 Å². The van der Waals surface area contributed by atoms with Gasteiger partial charge < -0.3 is 4.74 Å². The number of rotatable bonds is 5. The van der Waals surface area contributed by atoms with E-state index >= 15 is 0 Å². The van der Waals surface area contributed by atoms with Crippen LogP contribution < -0.4 is 0 Å². The Hall–Kier alpha value is -1.54. The third-order valence-electron chi connectivity index (χ3n) is 2.04. The molecule has 0 atom stereocenters. The molecule has 1 aromatic carbocycles. The molecule has 90 valence electrons. The number of ether oxygens (including phenoxy) is 1. The maximum absolute atomic E-state index is 13.1. The van der Waals surface area contributed by atoms with Crippen molar-refractivity contribution in [3.8, 4) is 6.07 Å². The van der Waals surface area contributed by atoms with Gasteiger partial charge in [0.05, 0.1) is 18.7 Å². The van der Waals surface area contributed by atoms with Gasteiger partial charge in [-0.25, -0.2) is 9.18 Å². The first kappa shape index (κ1) is 13.5. The molecular formula is C12H12FNO2S. The molecule has 1 aromatic rings. The lowest BCUT2D eigenvalue weighted by Crippen LogP contribution is -2.03. The van der Waals surface area contributed by atoms with Crippen LogP contribution in [-0.4, -0.2) is 18.8 Å². The molecule has 0 saturated carbocycles. The van der Waals surface area contributed by atoms with Crippen molar-refractivity contribution in [2.24, 2.45) is 0 Å². The summed E-state index contributed by atoms with van der Waals surface area (Å²) < 4.78 is 17.7. The summed E-state index contributed by atoms with van der Waals surface area (Å²) in [6, 6.07) is 5.98. The molecule has 0 spiro atoms. The molecular weight excluding hydrogens is 241 g/mol. The number of carbonyl (C=O) groups is 1. The molecule has 0 aliphatic rings. The number of hydrogen-bond donors (Lipinski definition) is 0. The lowest BCUT2D eigenvalue weighted by atomic mass is 10.2. The Bertz CT molecular complexity index is 443. The van der Waals surface area contributed by atoms with E-state index in [1.165, 1.54) is 37.1 Å². The van der Waals surface area contributed by atoms with E-state index < -0.39 is 5.97 Å². The molecule has 5 heteroatoms. The summed E-state index contributed by atoms with van der Waals surface area (Å²) in [4.78, 5) is 12.0.